The van der Waals surface area contributed by atoms with E-state index >= 15 is 0 Å². The van der Waals surface area contributed by atoms with Crippen molar-refractivity contribution < 1.29 is 22.4 Å². The largest absolute Gasteiger partial charge is 0.416 e. The fourth-order valence-corrected chi connectivity index (χ4v) is 4.52. The molecule has 1 heterocycles. The van der Waals surface area contributed by atoms with Crippen LogP contribution in [0.4, 0.5) is 28.9 Å². The van der Waals surface area contributed by atoms with Gasteiger partial charge in [-0.3, -0.25) is 9.69 Å². The van der Waals surface area contributed by atoms with Crippen LogP contribution in [0.1, 0.15) is 27.5 Å². The highest BCUT2D eigenvalue weighted by Crippen LogP contribution is 2.30. The highest BCUT2D eigenvalue weighted by atomic mass is 19.4. The molecule has 37 heavy (non-hydrogen) atoms. The van der Waals surface area contributed by atoms with Crippen molar-refractivity contribution in [3.63, 3.8) is 0 Å². The summed E-state index contributed by atoms with van der Waals surface area (Å²) in [5.74, 6) is -0.828. The summed E-state index contributed by atoms with van der Waals surface area (Å²) in [6.07, 6.45) is -4.52. The van der Waals surface area contributed by atoms with Gasteiger partial charge in [-0.25, -0.2) is 4.39 Å². The maximum Gasteiger partial charge on any atom is 0.416 e. The molecule has 0 aromatic heterocycles. The predicted molar refractivity (Wildman–Crippen MR) is 137 cm³/mol. The third kappa shape index (κ3) is 6.60. The Morgan fingerprint density at radius 3 is 2.19 bits per heavy atom. The number of hydrogen-bond donors (Lipinski definition) is 1. The van der Waals surface area contributed by atoms with E-state index in [0.717, 1.165) is 42.2 Å². The standard InChI is InChI=1S/C28H30F4N4O/c1-34(2)24-10-6-20(7-11-24)26(19-33-27(37)21-4-3-5-22(18-21)28(30,31)32)36-16-14-35(15-17-36)25-12-8-23(29)9-13-25/h3-13,18,26H,14-17,19H2,1-2H3,(H,33,37). The summed E-state index contributed by atoms with van der Waals surface area (Å²) < 4.78 is 52.6. The molecule has 4 rings (SSSR count). The normalized spacial score (nSPS) is 15.4. The van der Waals surface area contributed by atoms with Gasteiger partial charge in [0.2, 0.25) is 0 Å². The van der Waals surface area contributed by atoms with E-state index in [4.69, 9.17) is 0 Å². The minimum atomic E-state index is -4.52. The summed E-state index contributed by atoms with van der Waals surface area (Å²) in [6, 6.07) is 18.7. The van der Waals surface area contributed by atoms with E-state index < -0.39 is 17.6 Å². The maximum atomic E-state index is 13.3. The highest BCUT2D eigenvalue weighted by molar-refractivity contribution is 5.94. The van der Waals surface area contributed by atoms with Gasteiger partial charge < -0.3 is 15.1 Å². The minimum Gasteiger partial charge on any atom is -0.378 e. The first-order valence-electron chi connectivity index (χ1n) is 12.1. The Bertz CT molecular complexity index is 1190. The predicted octanol–water partition coefficient (Wildman–Crippen LogP) is 5.20. The van der Waals surface area contributed by atoms with Crippen LogP contribution in [0.25, 0.3) is 0 Å². The zero-order valence-electron chi connectivity index (χ0n) is 20.8. The fourth-order valence-electron chi connectivity index (χ4n) is 4.52. The Hall–Kier alpha value is -3.59. The van der Waals surface area contributed by atoms with Crippen LogP contribution in [-0.2, 0) is 6.18 Å². The summed E-state index contributed by atoms with van der Waals surface area (Å²) in [6.45, 7) is 3.10. The summed E-state index contributed by atoms with van der Waals surface area (Å²) in [5, 5.41) is 2.85. The van der Waals surface area contributed by atoms with E-state index in [-0.39, 0.29) is 24.0 Å². The zero-order valence-corrected chi connectivity index (χ0v) is 20.8. The molecular formula is C28H30F4N4O. The zero-order chi connectivity index (χ0) is 26.6. The summed E-state index contributed by atoms with van der Waals surface area (Å²) in [4.78, 5) is 19.2. The number of piperazine rings is 1. The number of amides is 1. The third-order valence-electron chi connectivity index (χ3n) is 6.65. The van der Waals surface area contributed by atoms with Crippen molar-refractivity contribution in [3.8, 4) is 0 Å². The second kappa shape index (κ2) is 11.2. The Balaban J connectivity index is 1.49. The Morgan fingerprint density at radius 2 is 1.59 bits per heavy atom. The summed E-state index contributed by atoms with van der Waals surface area (Å²) in [5.41, 5.74) is 2.11. The van der Waals surface area contributed by atoms with Crippen LogP contribution in [0.2, 0.25) is 0 Å². The molecule has 0 saturated carbocycles. The van der Waals surface area contributed by atoms with Crippen LogP contribution in [0.3, 0.4) is 0 Å². The number of nitrogens with zero attached hydrogens (tertiary/aromatic N) is 3. The van der Waals surface area contributed by atoms with Crippen LogP contribution in [-0.4, -0.2) is 57.6 Å². The van der Waals surface area contributed by atoms with E-state index in [9.17, 15) is 22.4 Å². The van der Waals surface area contributed by atoms with Gasteiger partial charge in [0.25, 0.3) is 5.91 Å². The monoisotopic (exact) mass is 514 g/mol. The number of alkyl halides is 3. The molecule has 1 aliphatic heterocycles. The molecule has 1 N–H and O–H groups in total. The van der Waals surface area contributed by atoms with Crippen molar-refractivity contribution >= 4 is 17.3 Å². The van der Waals surface area contributed by atoms with Gasteiger partial charge in [-0.05, 0) is 60.2 Å². The summed E-state index contributed by atoms with van der Waals surface area (Å²) in [7, 11) is 3.91. The highest BCUT2D eigenvalue weighted by Gasteiger charge is 2.31. The Morgan fingerprint density at radius 1 is 0.946 bits per heavy atom. The first-order valence-corrected chi connectivity index (χ1v) is 12.1. The molecular weight excluding hydrogens is 484 g/mol. The third-order valence-corrected chi connectivity index (χ3v) is 6.65. The number of halogens is 4. The van der Waals surface area contributed by atoms with Gasteiger partial charge in [-0.2, -0.15) is 13.2 Å². The number of rotatable bonds is 7. The van der Waals surface area contributed by atoms with Gasteiger partial charge in [-0.15, -0.1) is 0 Å². The van der Waals surface area contributed by atoms with Gasteiger partial charge in [0.15, 0.2) is 0 Å². The lowest BCUT2D eigenvalue weighted by Crippen LogP contribution is -2.50. The van der Waals surface area contributed by atoms with E-state index in [0.29, 0.717) is 13.1 Å². The number of nitrogens with one attached hydrogen (secondary N) is 1. The molecule has 1 atom stereocenters. The minimum absolute atomic E-state index is 0.0299. The molecule has 1 saturated heterocycles. The van der Waals surface area contributed by atoms with Crippen LogP contribution < -0.4 is 15.1 Å². The molecule has 0 spiro atoms. The van der Waals surface area contributed by atoms with Crippen molar-refractivity contribution in [2.45, 2.75) is 12.2 Å². The smallest absolute Gasteiger partial charge is 0.378 e. The van der Waals surface area contributed by atoms with Crippen molar-refractivity contribution in [1.82, 2.24) is 10.2 Å². The lowest BCUT2D eigenvalue weighted by Gasteiger charge is -2.40. The lowest BCUT2D eigenvalue weighted by atomic mass is 10.0. The number of hydrogen-bond acceptors (Lipinski definition) is 4. The van der Waals surface area contributed by atoms with E-state index in [1.807, 2.05) is 43.3 Å². The van der Waals surface area contributed by atoms with Crippen molar-refractivity contribution in [2.75, 3.05) is 56.6 Å². The van der Waals surface area contributed by atoms with Gasteiger partial charge in [0.05, 0.1) is 11.6 Å². The van der Waals surface area contributed by atoms with Crippen LogP contribution in [0.15, 0.2) is 72.8 Å². The average Bonchev–Trinajstić information content (AvgIpc) is 2.89. The van der Waals surface area contributed by atoms with Gasteiger partial charge >= 0.3 is 6.18 Å². The van der Waals surface area contributed by atoms with Crippen molar-refractivity contribution in [2.24, 2.45) is 0 Å². The topological polar surface area (TPSA) is 38.8 Å². The molecule has 1 amide bonds. The molecule has 3 aromatic carbocycles. The molecule has 9 heteroatoms. The Kier molecular flexibility index (Phi) is 8.02. The van der Waals surface area contributed by atoms with Crippen LogP contribution in [0, 0.1) is 5.82 Å². The SMILES string of the molecule is CN(C)c1ccc(C(CNC(=O)c2cccc(C(F)(F)F)c2)N2CCN(c3ccc(F)cc3)CC2)cc1. The molecule has 1 unspecified atom stereocenters. The molecule has 5 nitrogen and oxygen atoms in total. The maximum absolute atomic E-state index is 13.3. The molecule has 0 bridgehead atoms. The molecule has 196 valence electrons. The number of carbonyl (C=O) groups is 1. The number of benzene rings is 3. The van der Waals surface area contributed by atoms with Crippen molar-refractivity contribution in [1.29, 1.82) is 0 Å². The second-order valence-electron chi connectivity index (χ2n) is 9.29. The quantitative estimate of drug-likeness (QED) is 0.440. The van der Waals surface area contributed by atoms with E-state index in [1.165, 1.54) is 24.3 Å². The van der Waals surface area contributed by atoms with E-state index in [1.54, 1.807) is 12.1 Å². The first kappa shape index (κ1) is 26.5. The second-order valence-corrected chi connectivity index (χ2v) is 9.29. The number of carbonyl (C=O) groups excluding carboxylic acids is 1. The average molecular weight is 515 g/mol. The number of anilines is 2. The molecule has 1 fully saturated rings. The van der Waals surface area contributed by atoms with E-state index in [2.05, 4.69) is 15.1 Å². The molecule has 0 radical (unpaired) electrons. The summed E-state index contributed by atoms with van der Waals surface area (Å²) >= 11 is 0. The van der Waals surface area contributed by atoms with Gasteiger partial charge in [0, 0.05) is 63.8 Å². The van der Waals surface area contributed by atoms with Crippen LogP contribution in [0.5, 0.6) is 0 Å². The first-order chi connectivity index (χ1) is 17.6. The molecule has 3 aromatic rings. The van der Waals surface area contributed by atoms with Gasteiger partial charge in [-0.1, -0.05) is 18.2 Å². The van der Waals surface area contributed by atoms with Crippen molar-refractivity contribution in [3.05, 3.63) is 95.3 Å². The Labute approximate surface area is 214 Å². The molecule has 0 aliphatic carbocycles. The van der Waals surface area contributed by atoms with Gasteiger partial charge in [0.1, 0.15) is 5.82 Å². The lowest BCUT2D eigenvalue weighted by molar-refractivity contribution is -0.137. The van der Waals surface area contributed by atoms with Crippen LogP contribution >= 0.6 is 0 Å². The molecule has 1 aliphatic rings. The fraction of sp³-hybridized carbons (Fsp3) is 0.321.